The predicted molar refractivity (Wildman–Crippen MR) is 133 cm³/mol. The molecule has 4 aromatic rings. The summed E-state index contributed by atoms with van der Waals surface area (Å²) in [5, 5.41) is 4.46. The summed E-state index contributed by atoms with van der Waals surface area (Å²) in [7, 11) is 0. The lowest BCUT2D eigenvalue weighted by Crippen LogP contribution is -2.19. The lowest BCUT2D eigenvalue weighted by Gasteiger charge is -2.08. The van der Waals surface area contributed by atoms with Crippen molar-refractivity contribution in [2.45, 2.75) is 13.0 Å². The number of thiazole rings is 1. The van der Waals surface area contributed by atoms with Crippen LogP contribution in [-0.2, 0) is 17.8 Å². The molecule has 0 aliphatic heterocycles. The number of carbonyl (C=O) groups is 1. The van der Waals surface area contributed by atoms with E-state index in [0.29, 0.717) is 34.0 Å². The van der Waals surface area contributed by atoms with Crippen molar-refractivity contribution in [3.05, 3.63) is 105 Å². The van der Waals surface area contributed by atoms with Crippen molar-refractivity contribution in [2.75, 3.05) is 11.9 Å². The van der Waals surface area contributed by atoms with Crippen LogP contribution in [0.4, 0.5) is 5.13 Å². The fourth-order valence-electron chi connectivity index (χ4n) is 2.98. The summed E-state index contributed by atoms with van der Waals surface area (Å²) < 4.78 is 11.3. The molecule has 33 heavy (non-hydrogen) atoms. The molecule has 168 valence electrons. The van der Waals surface area contributed by atoms with Crippen LogP contribution in [0.2, 0.25) is 10.0 Å². The van der Waals surface area contributed by atoms with E-state index < -0.39 is 0 Å². The number of anilines is 1. The molecule has 0 aliphatic carbocycles. The topological polar surface area (TPSA) is 60.5 Å². The van der Waals surface area contributed by atoms with E-state index in [1.54, 1.807) is 30.5 Å². The molecular formula is C25H20Cl2N2O3S. The number of nitrogens with zero attached hydrogens (tertiary/aromatic N) is 1. The van der Waals surface area contributed by atoms with Crippen LogP contribution < -0.4 is 14.8 Å². The highest BCUT2D eigenvalue weighted by molar-refractivity contribution is 7.15. The van der Waals surface area contributed by atoms with Gasteiger partial charge in [0.25, 0.3) is 5.91 Å². The van der Waals surface area contributed by atoms with Crippen molar-refractivity contribution in [3.8, 4) is 11.5 Å². The van der Waals surface area contributed by atoms with Gasteiger partial charge in [0.2, 0.25) is 0 Å². The van der Waals surface area contributed by atoms with Gasteiger partial charge >= 0.3 is 0 Å². The van der Waals surface area contributed by atoms with Crippen molar-refractivity contribution in [3.63, 3.8) is 0 Å². The van der Waals surface area contributed by atoms with Crippen LogP contribution in [-0.4, -0.2) is 17.5 Å². The number of ether oxygens (including phenoxy) is 2. The molecule has 0 aliphatic rings. The van der Waals surface area contributed by atoms with Crippen LogP contribution in [0.25, 0.3) is 0 Å². The zero-order valence-electron chi connectivity index (χ0n) is 17.5. The standard InChI is InChI=1S/C25H20Cl2N2O3S/c26-19-7-6-18(23(27)13-19)12-22-14-28-25(33-22)29-24(30)16-32-21-10-8-20(9-11-21)31-15-17-4-2-1-3-5-17/h1-11,13-14H,12,15-16H2,(H,28,29,30). The number of carbonyl (C=O) groups excluding carboxylic acids is 1. The third-order valence-corrected chi connectivity index (χ3v) is 6.12. The first kappa shape index (κ1) is 23.1. The number of amides is 1. The molecular weight excluding hydrogens is 479 g/mol. The molecule has 0 unspecified atom stereocenters. The molecule has 5 nitrogen and oxygen atoms in total. The number of hydrogen-bond donors (Lipinski definition) is 1. The summed E-state index contributed by atoms with van der Waals surface area (Å²) in [6, 6.07) is 22.5. The number of halogens is 2. The Balaban J connectivity index is 1.23. The van der Waals surface area contributed by atoms with E-state index in [1.807, 2.05) is 48.5 Å². The second kappa shape index (κ2) is 11.2. The summed E-state index contributed by atoms with van der Waals surface area (Å²) in [4.78, 5) is 17.5. The van der Waals surface area contributed by atoms with Gasteiger partial charge in [-0.05, 0) is 47.5 Å². The number of rotatable bonds is 9. The van der Waals surface area contributed by atoms with Gasteiger partial charge in [-0.25, -0.2) is 4.98 Å². The molecule has 0 atom stereocenters. The molecule has 0 saturated carbocycles. The Labute approximate surface area is 205 Å². The monoisotopic (exact) mass is 498 g/mol. The molecule has 1 amide bonds. The number of aromatic nitrogens is 1. The maximum atomic E-state index is 12.2. The van der Waals surface area contributed by atoms with Crippen LogP contribution >= 0.6 is 34.5 Å². The average Bonchev–Trinajstić information content (AvgIpc) is 3.26. The third-order valence-electron chi connectivity index (χ3n) is 4.62. The van der Waals surface area contributed by atoms with Gasteiger partial charge in [-0.1, -0.05) is 59.6 Å². The largest absolute Gasteiger partial charge is 0.489 e. The third kappa shape index (κ3) is 6.96. The van der Waals surface area contributed by atoms with Crippen LogP contribution in [0.3, 0.4) is 0 Å². The summed E-state index contributed by atoms with van der Waals surface area (Å²) in [6.07, 6.45) is 2.33. The Bertz CT molecular complexity index is 1210. The van der Waals surface area contributed by atoms with Gasteiger partial charge in [0.15, 0.2) is 11.7 Å². The second-order valence-corrected chi connectivity index (χ2v) is 9.09. The van der Waals surface area contributed by atoms with Gasteiger partial charge < -0.3 is 9.47 Å². The van der Waals surface area contributed by atoms with Crippen LogP contribution in [0.1, 0.15) is 16.0 Å². The zero-order valence-corrected chi connectivity index (χ0v) is 19.8. The lowest BCUT2D eigenvalue weighted by atomic mass is 10.1. The summed E-state index contributed by atoms with van der Waals surface area (Å²) in [6.45, 7) is 0.367. The fourth-order valence-corrected chi connectivity index (χ4v) is 4.30. The Kier molecular flexibility index (Phi) is 7.83. The minimum atomic E-state index is -0.287. The van der Waals surface area contributed by atoms with Crippen molar-refractivity contribution in [2.24, 2.45) is 0 Å². The highest BCUT2D eigenvalue weighted by Gasteiger charge is 2.10. The minimum Gasteiger partial charge on any atom is -0.489 e. The van der Waals surface area contributed by atoms with Gasteiger partial charge in [0.05, 0.1) is 0 Å². The molecule has 1 heterocycles. The Hall–Kier alpha value is -3.06. The van der Waals surface area contributed by atoms with E-state index in [-0.39, 0.29) is 12.5 Å². The van der Waals surface area contributed by atoms with E-state index in [2.05, 4.69) is 10.3 Å². The number of hydrogen-bond acceptors (Lipinski definition) is 5. The normalized spacial score (nSPS) is 10.6. The van der Waals surface area contributed by atoms with Crippen molar-refractivity contribution in [1.29, 1.82) is 0 Å². The van der Waals surface area contributed by atoms with Gasteiger partial charge in [-0.15, -0.1) is 11.3 Å². The van der Waals surface area contributed by atoms with E-state index in [9.17, 15) is 4.79 Å². The van der Waals surface area contributed by atoms with Crippen LogP contribution in [0.15, 0.2) is 79.0 Å². The maximum absolute atomic E-state index is 12.2. The van der Waals surface area contributed by atoms with Gasteiger partial charge in [-0.2, -0.15) is 0 Å². The van der Waals surface area contributed by atoms with Crippen LogP contribution in [0, 0.1) is 0 Å². The molecule has 0 spiro atoms. The number of benzene rings is 3. The predicted octanol–water partition coefficient (Wildman–Crippen LogP) is 6.64. The first-order valence-corrected chi connectivity index (χ1v) is 11.7. The Morgan fingerprint density at radius 3 is 2.39 bits per heavy atom. The van der Waals surface area contributed by atoms with Crippen molar-refractivity contribution in [1.82, 2.24) is 4.98 Å². The second-order valence-electron chi connectivity index (χ2n) is 7.13. The van der Waals surface area contributed by atoms with Gasteiger partial charge in [0.1, 0.15) is 18.1 Å². The maximum Gasteiger partial charge on any atom is 0.264 e. The highest BCUT2D eigenvalue weighted by Crippen LogP contribution is 2.27. The molecule has 3 aromatic carbocycles. The molecule has 1 aromatic heterocycles. The summed E-state index contributed by atoms with van der Waals surface area (Å²) >= 11 is 13.6. The number of nitrogens with one attached hydrogen (secondary N) is 1. The van der Waals surface area contributed by atoms with Gasteiger partial charge in [-0.3, -0.25) is 10.1 Å². The molecule has 8 heteroatoms. The highest BCUT2D eigenvalue weighted by atomic mass is 35.5. The first-order valence-electron chi connectivity index (χ1n) is 10.1. The van der Waals surface area contributed by atoms with Crippen molar-refractivity contribution < 1.29 is 14.3 Å². The fraction of sp³-hybridized carbons (Fsp3) is 0.120. The Morgan fingerprint density at radius 1 is 0.939 bits per heavy atom. The molecule has 0 saturated heterocycles. The minimum absolute atomic E-state index is 0.123. The quantitative estimate of drug-likeness (QED) is 0.281. The smallest absolute Gasteiger partial charge is 0.264 e. The van der Waals surface area contributed by atoms with Gasteiger partial charge in [0, 0.05) is 27.5 Å². The molecule has 0 bridgehead atoms. The molecule has 4 rings (SSSR count). The van der Waals surface area contributed by atoms with Crippen LogP contribution in [0.5, 0.6) is 11.5 Å². The Morgan fingerprint density at radius 2 is 1.67 bits per heavy atom. The summed E-state index contributed by atoms with van der Waals surface area (Å²) in [5.41, 5.74) is 2.04. The molecule has 0 radical (unpaired) electrons. The molecule has 0 fully saturated rings. The van der Waals surface area contributed by atoms with Crippen molar-refractivity contribution >= 4 is 45.6 Å². The molecule has 1 N–H and O–H groups in total. The van der Waals surface area contributed by atoms with E-state index >= 15 is 0 Å². The SMILES string of the molecule is O=C(COc1ccc(OCc2ccccc2)cc1)Nc1ncc(Cc2ccc(Cl)cc2Cl)s1. The average molecular weight is 499 g/mol. The van der Waals surface area contributed by atoms with E-state index in [4.69, 9.17) is 32.7 Å². The summed E-state index contributed by atoms with van der Waals surface area (Å²) in [5.74, 6) is 1.02. The van der Waals surface area contributed by atoms with E-state index in [0.717, 1.165) is 21.8 Å². The van der Waals surface area contributed by atoms with E-state index in [1.165, 1.54) is 11.3 Å². The zero-order chi connectivity index (χ0) is 23.0. The lowest BCUT2D eigenvalue weighted by molar-refractivity contribution is -0.118. The first-order chi connectivity index (χ1) is 16.0.